The molecule has 1 saturated heterocycles. The molecule has 0 aromatic heterocycles. The van der Waals surface area contributed by atoms with Crippen LogP contribution in [0.15, 0.2) is 0 Å². The third kappa shape index (κ3) is 3.69. The number of aliphatic hydroxyl groups excluding tert-OH is 1. The molecule has 1 aliphatic heterocycles. The van der Waals surface area contributed by atoms with E-state index in [0.717, 1.165) is 25.9 Å². The number of fused-ring (bicyclic) bond motifs is 1. The predicted molar refractivity (Wildman–Crippen MR) is 80.8 cm³/mol. The van der Waals surface area contributed by atoms with Crippen molar-refractivity contribution in [1.82, 2.24) is 4.90 Å². The minimum Gasteiger partial charge on any atom is -0.396 e. The van der Waals surface area contributed by atoms with Crippen LogP contribution in [0.25, 0.3) is 0 Å². The Morgan fingerprint density at radius 3 is 2.16 bits per heavy atom. The summed E-state index contributed by atoms with van der Waals surface area (Å²) in [6, 6.07) is 0. The summed E-state index contributed by atoms with van der Waals surface area (Å²) in [5.41, 5.74) is 0.357. The fourth-order valence-electron chi connectivity index (χ4n) is 3.90. The second-order valence-corrected chi connectivity index (χ2v) is 5.37. The van der Waals surface area contributed by atoms with Crippen molar-refractivity contribution in [2.75, 3.05) is 33.4 Å². The molecule has 2 aliphatic rings. The number of likely N-dealkylation sites (tertiary alicyclic amines) is 1. The summed E-state index contributed by atoms with van der Waals surface area (Å²) >= 11 is 0. The molecule has 2 rings (SSSR count). The van der Waals surface area contributed by atoms with E-state index in [9.17, 15) is 5.11 Å². The number of rotatable bonds is 4. The molecule has 1 heterocycles. The molecule has 116 valence electrons. The van der Waals surface area contributed by atoms with Crippen LogP contribution in [-0.4, -0.2) is 43.4 Å². The van der Waals surface area contributed by atoms with Crippen LogP contribution in [0.5, 0.6) is 0 Å². The Balaban J connectivity index is 0.000000741. The smallest absolute Gasteiger partial charge is 0.0685 e. The molecule has 0 aromatic rings. The van der Waals surface area contributed by atoms with Crippen LogP contribution in [0.4, 0.5) is 0 Å². The van der Waals surface area contributed by atoms with Crippen LogP contribution in [0.3, 0.4) is 0 Å². The van der Waals surface area contributed by atoms with Gasteiger partial charge >= 0.3 is 0 Å². The lowest BCUT2D eigenvalue weighted by atomic mass is 9.67. The summed E-state index contributed by atoms with van der Waals surface area (Å²) in [4.78, 5) is 7.07. The quantitative estimate of drug-likeness (QED) is 0.773. The molecular formula is C15H34N2O2. The summed E-state index contributed by atoms with van der Waals surface area (Å²) in [5.74, 6) is 5.13. The van der Waals surface area contributed by atoms with Gasteiger partial charge in [0.05, 0.1) is 13.2 Å². The van der Waals surface area contributed by atoms with Crippen molar-refractivity contribution >= 4 is 0 Å². The summed E-state index contributed by atoms with van der Waals surface area (Å²) < 4.78 is 0. The van der Waals surface area contributed by atoms with E-state index in [-0.39, 0.29) is 10.8 Å². The first-order valence-corrected chi connectivity index (χ1v) is 7.79. The summed E-state index contributed by atoms with van der Waals surface area (Å²) in [6.45, 7) is 11.0. The molecule has 1 saturated carbocycles. The van der Waals surface area contributed by atoms with E-state index >= 15 is 0 Å². The van der Waals surface area contributed by atoms with Gasteiger partial charge in [0.2, 0.25) is 0 Å². The monoisotopic (exact) mass is 274 g/mol. The first kappa shape index (κ1) is 18.8. The van der Waals surface area contributed by atoms with Crippen LogP contribution >= 0.6 is 0 Å². The highest BCUT2D eigenvalue weighted by molar-refractivity contribution is 5.09. The highest BCUT2D eigenvalue weighted by Crippen LogP contribution is 2.58. The fourth-order valence-corrected chi connectivity index (χ4v) is 3.90. The van der Waals surface area contributed by atoms with Gasteiger partial charge in [0.15, 0.2) is 0 Å². The minimum atomic E-state index is 0.111. The van der Waals surface area contributed by atoms with E-state index in [1.807, 2.05) is 27.7 Å². The lowest BCUT2D eigenvalue weighted by molar-refractivity contribution is 0.0187. The van der Waals surface area contributed by atoms with E-state index in [2.05, 4.69) is 11.9 Å². The van der Waals surface area contributed by atoms with Gasteiger partial charge in [-0.25, -0.2) is 5.90 Å². The average molecular weight is 274 g/mol. The second kappa shape index (κ2) is 8.90. The zero-order valence-corrected chi connectivity index (χ0v) is 13.5. The van der Waals surface area contributed by atoms with E-state index in [0.29, 0.717) is 13.2 Å². The first-order chi connectivity index (χ1) is 9.18. The number of hydrogen-bond donors (Lipinski definition) is 2. The molecule has 0 amide bonds. The summed E-state index contributed by atoms with van der Waals surface area (Å²) in [5, 5.41) is 9.71. The van der Waals surface area contributed by atoms with E-state index in [1.165, 1.54) is 12.8 Å². The Hall–Kier alpha value is -0.160. The molecule has 0 radical (unpaired) electrons. The van der Waals surface area contributed by atoms with Gasteiger partial charge in [-0.05, 0) is 31.7 Å². The Bertz CT molecular complexity index is 238. The topological polar surface area (TPSA) is 58.7 Å². The molecule has 1 aliphatic carbocycles. The summed E-state index contributed by atoms with van der Waals surface area (Å²) in [6.07, 6.45) is 4.58. The number of nitrogens with two attached hydrogens (primary N) is 1. The molecule has 3 N–H and O–H groups in total. The van der Waals surface area contributed by atoms with E-state index in [1.54, 1.807) is 0 Å². The zero-order chi connectivity index (χ0) is 14.9. The molecule has 0 spiro atoms. The molecule has 19 heavy (non-hydrogen) atoms. The van der Waals surface area contributed by atoms with Gasteiger partial charge < -0.3 is 14.8 Å². The Kier molecular flexibility index (Phi) is 8.83. The van der Waals surface area contributed by atoms with Crippen LogP contribution < -0.4 is 5.90 Å². The molecule has 2 atom stereocenters. The molecule has 2 unspecified atom stereocenters. The van der Waals surface area contributed by atoms with Crippen molar-refractivity contribution in [3.8, 4) is 0 Å². The number of aliphatic hydroxyl groups is 1. The van der Waals surface area contributed by atoms with Crippen LogP contribution in [0.2, 0.25) is 0 Å². The van der Waals surface area contributed by atoms with Gasteiger partial charge in [-0.1, -0.05) is 34.1 Å². The average Bonchev–Trinajstić information content (AvgIpc) is 2.92. The van der Waals surface area contributed by atoms with Gasteiger partial charge in [0.25, 0.3) is 0 Å². The first-order valence-electron chi connectivity index (χ1n) is 7.79. The Morgan fingerprint density at radius 1 is 1.11 bits per heavy atom. The molecule has 4 heteroatoms. The van der Waals surface area contributed by atoms with Crippen molar-refractivity contribution in [2.24, 2.45) is 16.7 Å². The Labute approximate surface area is 119 Å². The largest absolute Gasteiger partial charge is 0.396 e. The predicted octanol–water partition coefficient (Wildman–Crippen LogP) is 2.41. The third-order valence-corrected chi connectivity index (χ3v) is 4.58. The molecule has 0 bridgehead atoms. The Morgan fingerprint density at radius 2 is 1.63 bits per heavy atom. The number of nitrogens with zero attached hydrogens (tertiary/aromatic N) is 1. The second-order valence-electron chi connectivity index (χ2n) is 5.37. The SMILES string of the molecule is CC.CC.CN1CC2(CO)CCCC2(CCON)C1. The van der Waals surface area contributed by atoms with Crippen molar-refractivity contribution in [3.05, 3.63) is 0 Å². The normalized spacial score (nSPS) is 33.0. The minimum absolute atomic E-state index is 0.111. The standard InChI is InChI=1S/C11H22N2O2.2C2H6/c1-13-7-10(5-6-15-12)3-2-4-11(10,8-13)9-14;2*1-2/h14H,2-9,12H2,1H3;2*1-2H3. The highest BCUT2D eigenvalue weighted by Gasteiger charge is 2.58. The fraction of sp³-hybridized carbons (Fsp3) is 1.00. The van der Waals surface area contributed by atoms with Crippen LogP contribution in [0.1, 0.15) is 53.4 Å². The van der Waals surface area contributed by atoms with Gasteiger partial charge in [-0.2, -0.15) is 0 Å². The van der Waals surface area contributed by atoms with Gasteiger partial charge in [-0.3, -0.25) is 0 Å². The molecule has 0 aromatic carbocycles. The molecule has 4 nitrogen and oxygen atoms in total. The van der Waals surface area contributed by atoms with Gasteiger partial charge in [-0.15, -0.1) is 0 Å². The maximum atomic E-state index is 9.71. The lowest BCUT2D eigenvalue weighted by Gasteiger charge is -2.38. The lowest BCUT2D eigenvalue weighted by Crippen LogP contribution is -2.40. The zero-order valence-electron chi connectivity index (χ0n) is 13.5. The van der Waals surface area contributed by atoms with E-state index < -0.39 is 0 Å². The maximum Gasteiger partial charge on any atom is 0.0685 e. The van der Waals surface area contributed by atoms with Gasteiger partial charge in [0.1, 0.15) is 0 Å². The maximum absolute atomic E-state index is 9.71. The highest BCUT2D eigenvalue weighted by atomic mass is 16.6. The van der Waals surface area contributed by atoms with Crippen molar-refractivity contribution in [1.29, 1.82) is 0 Å². The van der Waals surface area contributed by atoms with Crippen LogP contribution in [0, 0.1) is 10.8 Å². The van der Waals surface area contributed by atoms with Crippen molar-refractivity contribution in [2.45, 2.75) is 53.4 Å². The van der Waals surface area contributed by atoms with Crippen molar-refractivity contribution < 1.29 is 9.94 Å². The number of hydrogen-bond acceptors (Lipinski definition) is 4. The van der Waals surface area contributed by atoms with Crippen molar-refractivity contribution in [3.63, 3.8) is 0 Å². The molecule has 2 fully saturated rings. The summed E-state index contributed by atoms with van der Waals surface area (Å²) in [7, 11) is 2.14. The third-order valence-electron chi connectivity index (χ3n) is 4.58. The van der Waals surface area contributed by atoms with Gasteiger partial charge in [0, 0.05) is 18.5 Å². The van der Waals surface area contributed by atoms with Crippen LogP contribution in [-0.2, 0) is 4.84 Å². The van der Waals surface area contributed by atoms with E-state index in [4.69, 9.17) is 10.7 Å². The molecular weight excluding hydrogens is 240 g/mol.